The number of halogens is 2. The van der Waals surface area contributed by atoms with Crippen molar-refractivity contribution in [3.63, 3.8) is 0 Å². The maximum Gasteiger partial charge on any atom is -1.00 e. The van der Waals surface area contributed by atoms with Gasteiger partial charge in [0.1, 0.15) is 0 Å². The molecule has 0 saturated heterocycles. The van der Waals surface area contributed by atoms with E-state index in [1.807, 2.05) is 0 Å². The van der Waals surface area contributed by atoms with Crippen molar-refractivity contribution in [1.29, 1.82) is 0 Å². The fourth-order valence-corrected chi connectivity index (χ4v) is 17.1. The van der Waals surface area contributed by atoms with Gasteiger partial charge in [-0.25, -0.2) is 0 Å². The fraction of sp³-hybridized carbons (Fsp3) is 0.0556. The minimum atomic E-state index is -1.23. The molecule has 0 spiro atoms. The molecule has 0 fully saturated rings. The van der Waals surface area contributed by atoms with E-state index in [0.29, 0.717) is 7.35 Å². The van der Waals surface area contributed by atoms with Crippen molar-refractivity contribution in [1.82, 2.24) is 0 Å². The Bertz CT molecular complexity index is 1760. The first-order valence-corrected chi connectivity index (χ1v) is 18.8. The summed E-state index contributed by atoms with van der Waals surface area (Å²) in [6, 6.07) is 45.4. The van der Waals surface area contributed by atoms with Crippen LogP contribution in [0.1, 0.15) is 29.6 Å². The summed E-state index contributed by atoms with van der Waals surface area (Å²) in [5.74, 6) is 0. The summed E-state index contributed by atoms with van der Waals surface area (Å²) in [5.41, 5.74) is 11.6. The molecule has 3 unspecified atom stereocenters. The molecule has 0 amide bonds. The number of hydrogen-bond donors (Lipinski definition) is 0. The van der Waals surface area contributed by atoms with Crippen LogP contribution in [0.4, 0.5) is 0 Å². The van der Waals surface area contributed by atoms with E-state index in [2.05, 4.69) is 140 Å². The Kier molecular flexibility index (Phi) is 7.86. The zero-order chi connectivity index (χ0) is 25.1. The fourth-order valence-electron chi connectivity index (χ4n) is 6.42. The van der Waals surface area contributed by atoms with Crippen molar-refractivity contribution in [2.45, 2.75) is 7.35 Å². The molecular formula is C36H25Cl2HfP. The molecule has 0 aromatic heterocycles. The average molecular weight is 738 g/mol. The number of rotatable bonds is 4. The van der Waals surface area contributed by atoms with Crippen LogP contribution >= 0.6 is 7.92 Å². The number of allylic oxidation sites excluding steroid dienone is 2. The molecule has 0 saturated carbocycles. The summed E-state index contributed by atoms with van der Waals surface area (Å²) in [7, 11) is -0.556. The van der Waals surface area contributed by atoms with Gasteiger partial charge in [0.05, 0.1) is 0 Å². The Morgan fingerprint density at radius 2 is 1.20 bits per heavy atom. The van der Waals surface area contributed by atoms with E-state index in [-0.39, 0.29) is 24.8 Å². The van der Waals surface area contributed by atoms with Gasteiger partial charge >= 0.3 is 238 Å². The van der Waals surface area contributed by atoms with Crippen molar-refractivity contribution in [3.05, 3.63) is 155 Å². The number of fused-ring (bicyclic) bond motifs is 4. The maximum absolute atomic E-state index is 2.61. The zero-order valence-corrected chi connectivity index (χ0v) is 27.6. The second kappa shape index (κ2) is 11.4. The van der Waals surface area contributed by atoms with Gasteiger partial charge in [-0.3, -0.25) is 0 Å². The normalized spacial score (nSPS) is 18.8. The maximum atomic E-state index is 2.61. The Morgan fingerprint density at radius 3 is 2.00 bits per heavy atom. The minimum absolute atomic E-state index is 0. The van der Waals surface area contributed by atoms with Crippen LogP contribution in [0.15, 0.2) is 133 Å². The van der Waals surface area contributed by atoms with Gasteiger partial charge in [0, 0.05) is 0 Å². The van der Waals surface area contributed by atoms with Gasteiger partial charge in [-0.05, 0) is 0 Å². The molecule has 0 nitrogen and oxygen atoms in total. The zero-order valence-electron chi connectivity index (χ0n) is 21.6. The quantitative estimate of drug-likeness (QED) is 0.197. The van der Waals surface area contributed by atoms with Crippen molar-refractivity contribution >= 4 is 30.7 Å². The summed E-state index contributed by atoms with van der Waals surface area (Å²) in [6.07, 6.45) is 7.58. The predicted octanol–water partition coefficient (Wildman–Crippen LogP) is 2.72. The molecule has 8 rings (SSSR count). The van der Waals surface area contributed by atoms with Crippen LogP contribution < -0.4 is 35.4 Å². The van der Waals surface area contributed by atoms with Gasteiger partial charge in [0.25, 0.3) is 0 Å². The Morgan fingerprint density at radius 1 is 0.550 bits per heavy atom. The SMILES string of the molecule is C1=C[CH]([Hf+2][CH]2C3=Cc4c(cccc42)-c2ccccc2P3c2ccccc2)c2cccc(-c3ccccc3)c21.[Cl-].[Cl-]. The average Bonchev–Trinajstić information content (AvgIpc) is 3.52. The molecule has 2 aliphatic carbocycles. The van der Waals surface area contributed by atoms with Gasteiger partial charge in [-0.2, -0.15) is 0 Å². The van der Waals surface area contributed by atoms with Gasteiger partial charge in [-0.1, -0.05) is 0 Å². The van der Waals surface area contributed by atoms with E-state index >= 15 is 0 Å². The van der Waals surface area contributed by atoms with Crippen LogP contribution in [0.2, 0.25) is 0 Å². The topological polar surface area (TPSA) is 0 Å². The van der Waals surface area contributed by atoms with E-state index in [1.165, 1.54) is 44.0 Å². The first-order valence-electron chi connectivity index (χ1n) is 13.3. The Labute approximate surface area is 261 Å². The van der Waals surface area contributed by atoms with Crippen LogP contribution in [-0.2, 0) is 22.9 Å². The summed E-state index contributed by atoms with van der Waals surface area (Å²) < 4.78 is 1.23. The van der Waals surface area contributed by atoms with Crippen molar-refractivity contribution in [3.8, 4) is 22.3 Å². The standard InChI is InChI=1S/C21H14P.C15H11.2ClH.Hf/c1-2-8-16(9-3-1)22-17-13-15-7-6-11-18(20(15)14-17)19-10-4-5-12-21(19)22;1-2-6-12(7-3-1)14-10-4-8-13-9-5-11-15(13)14;;;/h1-14H;1-11H;2*1H;/q;;;;+2/p-2. The number of hydrogen-bond acceptors (Lipinski definition) is 0. The largest absolute Gasteiger partial charge is 1.00 e. The molecule has 1 heterocycles. The molecule has 1 aliphatic heterocycles. The Balaban J connectivity index is 0.00000145. The van der Waals surface area contributed by atoms with Gasteiger partial charge < -0.3 is 24.8 Å². The molecule has 3 atom stereocenters. The van der Waals surface area contributed by atoms with Crippen LogP contribution in [0, 0.1) is 0 Å². The third-order valence-corrected chi connectivity index (χ3v) is 18.1. The monoisotopic (exact) mass is 738 g/mol. The molecule has 192 valence electrons. The molecule has 3 aliphatic rings. The van der Waals surface area contributed by atoms with Crippen LogP contribution in [-0.4, -0.2) is 0 Å². The molecule has 5 aromatic carbocycles. The van der Waals surface area contributed by atoms with E-state index in [9.17, 15) is 0 Å². The molecule has 4 bridgehead atoms. The van der Waals surface area contributed by atoms with E-state index in [1.54, 1.807) is 16.4 Å². The van der Waals surface area contributed by atoms with Crippen molar-refractivity contribution in [2.75, 3.05) is 0 Å². The third-order valence-electron chi connectivity index (χ3n) is 8.11. The smallest absolute Gasteiger partial charge is 1.00 e. The van der Waals surface area contributed by atoms with Gasteiger partial charge in [0.2, 0.25) is 0 Å². The van der Waals surface area contributed by atoms with Gasteiger partial charge in [0.15, 0.2) is 0 Å². The summed E-state index contributed by atoms with van der Waals surface area (Å²) in [5, 5.41) is 4.70. The van der Waals surface area contributed by atoms with Crippen molar-refractivity contribution in [2.24, 2.45) is 0 Å². The molecule has 5 aromatic rings. The van der Waals surface area contributed by atoms with E-state index in [0.717, 1.165) is 0 Å². The molecule has 4 heteroatoms. The first kappa shape index (κ1) is 27.6. The first-order chi connectivity index (χ1) is 18.9. The van der Waals surface area contributed by atoms with E-state index < -0.39 is 30.8 Å². The summed E-state index contributed by atoms with van der Waals surface area (Å²) >= 11 is -1.23. The van der Waals surface area contributed by atoms with Crippen LogP contribution in [0.5, 0.6) is 0 Å². The van der Waals surface area contributed by atoms with Crippen LogP contribution in [0.25, 0.3) is 34.4 Å². The second-order valence-corrected chi connectivity index (χ2v) is 17.9. The molecular weight excluding hydrogens is 713 g/mol. The van der Waals surface area contributed by atoms with Crippen molar-refractivity contribution < 1.29 is 47.7 Å². The summed E-state index contributed by atoms with van der Waals surface area (Å²) in [4.78, 5) is 0. The van der Waals surface area contributed by atoms with E-state index in [4.69, 9.17) is 0 Å². The summed E-state index contributed by atoms with van der Waals surface area (Å²) in [6.45, 7) is 0. The second-order valence-electron chi connectivity index (χ2n) is 10.2. The minimum Gasteiger partial charge on any atom is -1.00 e. The molecule has 0 N–H and O–H groups in total. The van der Waals surface area contributed by atoms with Gasteiger partial charge in [-0.15, -0.1) is 0 Å². The molecule has 40 heavy (non-hydrogen) atoms. The van der Waals surface area contributed by atoms with Crippen LogP contribution in [0.3, 0.4) is 0 Å². The third kappa shape index (κ3) is 4.43. The Hall–Kier alpha value is -2.54. The number of benzene rings is 5. The predicted molar refractivity (Wildman–Crippen MR) is 159 cm³/mol. The molecule has 0 radical (unpaired) electrons.